The molecule has 0 atom stereocenters. The molecule has 5 heteroatoms. The van der Waals surface area contributed by atoms with Gasteiger partial charge in [-0.2, -0.15) is 10.5 Å². The van der Waals surface area contributed by atoms with Crippen LogP contribution in [-0.2, 0) is 11.4 Å². The van der Waals surface area contributed by atoms with Crippen molar-refractivity contribution in [1.82, 2.24) is 15.4 Å². The van der Waals surface area contributed by atoms with Crippen molar-refractivity contribution in [2.24, 2.45) is 0 Å². The predicted molar refractivity (Wildman–Crippen MR) is 96.0 cm³/mol. The Bertz CT molecular complexity index is 652. The number of para-hydroxylation sites is 2. The van der Waals surface area contributed by atoms with Crippen LogP contribution >= 0.6 is 0 Å². The Morgan fingerprint density at radius 1 is 0.875 bits per heavy atom. The molecular weight excluding hydrogens is 300 g/mol. The van der Waals surface area contributed by atoms with Gasteiger partial charge in [0, 0.05) is 44.0 Å². The molecule has 0 spiro atoms. The summed E-state index contributed by atoms with van der Waals surface area (Å²) in [6.07, 6.45) is 0.988. The van der Waals surface area contributed by atoms with Gasteiger partial charge in [-0.05, 0) is 30.3 Å². The first-order chi connectivity index (χ1) is 11.8. The second kappa shape index (κ2) is 6.91. The lowest BCUT2D eigenvalue weighted by Crippen LogP contribution is -2.47. The van der Waals surface area contributed by atoms with Crippen LogP contribution in [0.25, 0.3) is 0 Å². The number of benzene rings is 2. The van der Waals surface area contributed by atoms with Gasteiger partial charge in [-0.25, -0.2) is 4.94 Å². The monoisotopic (exact) mass is 324 g/mol. The number of piperazine rings is 1. The lowest BCUT2D eigenvalue weighted by Gasteiger charge is -2.35. The van der Waals surface area contributed by atoms with Crippen molar-refractivity contribution in [1.29, 1.82) is 0 Å². The lowest BCUT2D eigenvalue weighted by atomic mass is 9.96. The first kappa shape index (κ1) is 15.6. The predicted octanol–water partition coefficient (Wildman–Crippen LogP) is 2.37. The molecule has 2 heterocycles. The van der Waals surface area contributed by atoms with E-state index in [1.807, 2.05) is 5.06 Å². The summed E-state index contributed by atoms with van der Waals surface area (Å²) in [5.41, 5.74) is 8.38. The first-order valence-electron chi connectivity index (χ1n) is 8.58. The van der Waals surface area contributed by atoms with E-state index in [-0.39, 0.29) is 0 Å². The molecule has 5 nitrogen and oxygen atoms in total. The van der Waals surface area contributed by atoms with Crippen molar-refractivity contribution in [2.45, 2.75) is 6.42 Å². The molecule has 2 aromatic carbocycles. The average molecular weight is 324 g/mol. The van der Waals surface area contributed by atoms with Gasteiger partial charge in [0.05, 0.1) is 6.67 Å². The van der Waals surface area contributed by atoms with E-state index in [4.69, 9.17) is 4.94 Å². The molecule has 1 fully saturated rings. The summed E-state index contributed by atoms with van der Waals surface area (Å²) in [5, 5.41) is 2.00. The van der Waals surface area contributed by atoms with E-state index >= 15 is 0 Å². The third-order valence-corrected chi connectivity index (χ3v) is 4.82. The van der Waals surface area contributed by atoms with Gasteiger partial charge in [-0.15, -0.1) is 0 Å². The average Bonchev–Trinajstić information content (AvgIpc) is 2.63. The zero-order valence-electron chi connectivity index (χ0n) is 14.1. The minimum Gasteiger partial charge on any atom is -0.325 e. The molecule has 2 aliphatic heterocycles. The fourth-order valence-electron chi connectivity index (χ4n) is 3.42. The highest BCUT2D eigenvalue weighted by Crippen LogP contribution is 2.37. The molecule has 1 N–H and O–H groups in total. The summed E-state index contributed by atoms with van der Waals surface area (Å²) in [6.45, 7) is 4.56. The maximum atomic E-state index is 5.78. The van der Waals surface area contributed by atoms with Crippen LogP contribution in [0.5, 0.6) is 0 Å². The number of hydrogen-bond donors (Lipinski definition) is 1. The molecule has 0 aliphatic carbocycles. The Morgan fingerprint density at radius 3 is 2.08 bits per heavy atom. The third kappa shape index (κ3) is 3.16. The zero-order chi connectivity index (χ0) is 16.4. The topological polar surface area (TPSA) is 31.0 Å². The van der Waals surface area contributed by atoms with E-state index in [9.17, 15) is 0 Å². The van der Waals surface area contributed by atoms with Gasteiger partial charge in [0.2, 0.25) is 0 Å². The van der Waals surface area contributed by atoms with Gasteiger partial charge in [0.15, 0.2) is 0 Å². The molecule has 1 saturated heterocycles. The number of hydrogen-bond acceptors (Lipinski definition) is 5. The van der Waals surface area contributed by atoms with Gasteiger partial charge < -0.3 is 9.80 Å². The Labute approximate surface area is 143 Å². The molecule has 4 rings (SSSR count). The highest BCUT2D eigenvalue weighted by molar-refractivity contribution is 5.73. The number of nitrogens with zero attached hydrogens (tertiary/aromatic N) is 3. The molecule has 126 valence electrons. The molecule has 0 radical (unpaired) electrons. The number of anilines is 2. The van der Waals surface area contributed by atoms with Gasteiger partial charge in [0.25, 0.3) is 0 Å². The molecule has 24 heavy (non-hydrogen) atoms. The normalized spacial score (nSPS) is 18.3. The standard InChI is InChI=1S/C19H24N4O/c1-21-10-12-22(13-11-21)24-20-15-23-18-8-4-2-6-16(18)14-17-7-3-5-9-19(17)23/h2-9,20H,10-15H2,1H3. The molecule has 0 aromatic heterocycles. The van der Waals surface area contributed by atoms with Crippen molar-refractivity contribution < 1.29 is 4.94 Å². The molecule has 0 unspecified atom stereocenters. The minimum atomic E-state index is 0.625. The first-order valence-corrected chi connectivity index (χ1v) is 8.58. The van der Waals surface area contributed by atoms with Crippen LogP contribution in [0.15, 0.2) is 48.5 Å². The van der Waals surface area contributed by atoms with Crippen LogP contribution in [0.3, 0.4) is 0 Å². The van der Waals surface area contributed by atoms with Crippen LogP contribution in [0, 0.1) is 0 Å². The minimum absolute atomic E-state index is 0.625. The third-order valence-electron chi connectivity index (χ3n) is 4.82. The van der Waals surface area contributed by atoms with E-state index < -0.39 is 0 Å². The van der Waals surface area contributed by atoms with E-state index in [2.05, 4.69) is 70.9 Å². The van der Waals surface area contributed by atoms with Crippen molar-refractivity contribution in [3.63, 3.8) is 0 Å². The summed E-state index contributed by atoms with van der Waals surface area (Å²) in [6, 6.07) is 17.2. The Balaban J connectivity index is 1.46. The largest absolute Gasteiger partial charge is 0.325 e. The fraction of sp³-hybridized carbons (Fsp3) is 0.368. The van der Waals surface area contributed by atoms with E-state index in [1.54, 1.807) is 0 Å². The second-order valence-corrected chi connectivity index (χ2v) is 6.49. The van der Waals surface area contributed by atoms with E-state index in [0.29, 0.717) is 6.67 Å². The zero-order valence-corrected chi connectivity index (χ0v) is 14.1. The summed E-state index contributed by atoms with van der Waals surface area (Å²) in [4.78, 5) is 10.4. The number of rotatable bonds is 4. The maximum absolute atomic E-state index is 5.78. The molecule has 0 saturated carbocycles. The van der Waals surface area contributed by atoms with Gasteiger partial charge in [-0.3, -0.25) is 0 Å². The van der Waals surface area contributed by atoms with Gasteiger partial charge in [0.1, 0.15) is 0 Å². The second-order valence-electron chi connectivity index (χ2n) is 6.49. The molecule has 0 bridgehead atoms. The summed E-state index contributed by atoms with van der Waals surface area (Å²) >= 11 is 0. The van der Waals surface area contributed by atoms with Crippen LogP contribution in [0.4, 0.5) is 11.4 Å². The fourth-order valence-corrected chi connectivity index (χ4v) is 3.42. The Kier molecular flexibility index (Phi) is 4.49. The molecule has 2 aliphatic rings. The highest BCUT2D eigenvalue weighted by atomic mass is 16.8. The SMILES string of the molecule is CN1CCN(ONCN2c3ccccc3Cc3ccccc32)CC1. The lowest BCUT2D eigenvalue weighted by molar-refractivity contribution is -0.221. The Morgan fingerprint density at radius 2 is 1.46 bits per heavy atom. The highest BCUT2D eigenvalue weighted by Gasteiger charge is 2.22. The number of nitrogens with one attached hydrogen (secondary N) is 1. The van der Waals surface area contributed by atoms with Crippen LogP contribution < -0.4 is 10.4 Å². The van der Waals surface area contributed by atoms with Crippen molar-refractivity contribution in [3.05, 3.63) is 59.7 Å². The van der Waals surface area contributed by atoms with Gasteiger partial charge in [-0.1, -0.05) is 36.4 Å². The van der Waals surface area contributed by atoms with Crippen LogP contribution in [0.1, 0.15) is 11.1 Å². The quantitative estimate of drug-likeness (QED) is 0.873. The van der Waals surface area contributed by atoms with Crippen molar-refractivity contribution in [3.8, 4) is 0 Å². The van der Waals surface area contributed by atoms with E-state index in [1.165, 1.54) is 22.5 Å². The summed E-state index contributed by atoms with van der Waals surface area (Å²) in [5.74, 6) is 0. The molecule has 2 aromatic rings. The number of likely N-dealkylation sites (N-methyl/N-ethyl adjacent to an activating group) is 1. The maximum Gasteiger partial charge on any atom is 0.0983 e. The van der Waals surface area contributed by atoms with Gasteiger partial charge >= 0.3 is 0 Å². The summed E-state index contributed by atoms with van der Waals surface area (Å²) in [7, 11) is 2.15. The van der Waals surface area contributed by atoms with Crippen molar-refractivity contribution >= 4 is 11.4 Å². The van der Waals surface area contributed by atoms with E-state index in [0.717, 1.165) is 32.6 Å². The number of fused-ring (bicyclic) bond motifs is 2. The molecule has 0 amide bonds. The number of hydroxylamine groups is 3. The van der Waals surface area contributed by atoms with Crippen molar-refractivity contribution in [2.75, 3.05) is 44.8 Å². The summed E-state index contributed by atoms with van der Waals surface area (Å²) < 4.78 is 0. The smallest absolute Gasteiger partial charge is 0.0983 e. The van der Waals surface area contributed by atoms with Crippen LogP contribution in [-0.4, -0.2) is 49.9 Å². The Hall–Kier alpha value is -1.92. The molecular formula is C19H24N4O. The van der Waals surface area contributed by atoms with Crippen LogP contribution in [0.2, 0.25) is 0 Å².